The van der Waals surface area contributed by atoms with Crippen LogP contribution in [0.15, 0.2) is 23.4 Å². The predicted octanol–water partition coefficient (Wildman–Crippen LogP) is 3.84. The molecule has 0 spiro atoms. The first-order chi connectivity index (χ1) is 10.1. The number of benzene rings is 1. The maximum Gasteiger partial charge on any atom is 0.172 e. The third-order valence-electron chi connectivity index (χ3n) is 4.66. The average molecular weight is 310 g/mol. The van der Waals surface area contributed by atoms with Gasteiger partial charge in [-0.15, -0.1) is 0 Å². The van der Waals surface area contributed by atoms with Gasteiger partial charge in [0.2, 0.25) is 0 Å². The summed E-state index contributed by atoms with van der Waals surface area (Å²) in [6.45, 7) is 2.27. The monoisotopic (exact) mass is 309 g/mol. The van der Waals surface area contributed by atoms with Crippen LogP contribution < -0.4 is 10.6 Å². The van der Waals surface area contributed by atoms with Gasteiger partial charge in [-0.1, -0.05) is 30.1 Å². The molecule has 0 aromatic heterocycles. The number of anilines is 1. The Kier molecular flexibility index (Phi) is 5.34. The molecule has 0 heterocycles. The van der Waals surface area contributed by atoms with E-state index in [4.69, 9.17) is 22.5 Å². The van der Waals surface area contributed by atoms with Crippen molar-refractivity contribution in [2.24, 2.45) is 16.8 Å². The van der Waals surface area contributed by atoms with Crippen molar-refractivity contribution >= 4 is 23.1 Å². The zero-order chi connectivity index (χ0) is 15.4. The van der Waals surface area contributed by atoms with Crippen LogP contribution in [-0.4, -0.2) is 24.1 Å². The van der Waals surface area contributed by atoms with Crippen molar-refractivity contribution in [1.29, 1.82) is 0 Å². The summed E-state index contributed by atoms with van der Waals surface area (Å²) in [7, 11) is 2.07. The van der Waals surface area contributed by atoms with E-state index < -0.39 is 0 Å². The Balaban J connectivity index is 2.22. The number of halogens is 1. The molecule has 1 aliphatic carbocycles. The third-order valence-corrected chi connectivity index (χ3v) is 4.90. The molecule has 1 aromatic rings. The molecular formula is C16H24ClN3O. The average Bonchev–Trinajstić information content (AvgIpc) is 2.53. The summed E-state index contributed by atoms with van der Waals surface area (Å²) in [4.78, 5) is 2.23. The minimum absolute atomic E-state index is 0.121. The largest absolute Gasteiger partial charge is 0.409 e. The van der Waals surface area contributed by atoms with E-state index in [1.165, 1.54) is 32.1 Å². The zero-order valence-corrected chi connectivity index (χ0v) is 13.5. The molecular weight excluding hydrogens is 286 g/mol. The van der Waals surface area contributed by atoms with Crippen LogP contribution in [0, 0.1) is 5.92 Å². The lowest BCUT2D eigenvalue weighted by atomic mass is 9.84. The quantitative estimate of drug-likeness (QED) is 0.384. The number of nitrogens with zero attached hydrogens (tertiary/aromatic N) is 2. The van der Waals surface area contributed by atoms with Crippen molar-refractivity contribution in [3.8, 4) is 0 Å². The molecule has 0 amide bonds. The molecule has 0 radical (unpaired) electrons. The summed E-state index contributed by atoms with van der Waals surface area (Å²) in [6.07, 6.45) is 6.16. The number of nitrogens with two attached hydrogens (primary N) is 1. The lowest BCUT2D eigenvalue weighted by Crippen LogP contribution is -2.36. The van der Waals surface area contributed by atoms with E-state index in [1.807, 2.05) is 6.07 Å². The summed E-state index contributed by atoms with van der Waals surface area (Å²) in [6, 6.07) is 5.94. The third kappa shape index (κ3) is 3.62. The molecule has 5 heteroatoms. The first-order valence-corrected chi connectivity index (χ1v) is 7.94. The molecule has 0 aliphatic heterocycles. The molecule has 21 heavy (non-hydrogen) atoms. The normalized spacial score (nSPS) is 23.1. The minimum Gasteiger partial charge on any atom is -0.409 e. The summed E-state index contributed by atoms with van der Waals surface area (Å²) in [5.41, 5.74) is 7.44. The van der Waals surface area contributed by atoms with Gasteiger partial charge in [0, 0.05) is 29.4 Å². The lowest BCUT2D eigenvalue weighted by Gasteiger charge is -2.36. The Hall–Kier alpha value is -1.42. The Morgan fingerprint density at radius 2 is 2.05 bits per heavy atom. The number of oxime groups is 1. The van der Waals surface area contributed by atoms with Crippen LogP contribution in [0.1, 0.15) is 44.6 Å². The van der Waals surface area contributed by atoms with Gasteiger partial charge in [0.1, 0.15) is 0 Å². The summed E-state index contributed by atoms with van der Waals surface area (Å²) < 4.78 is 0. The summed E-state index contributed by atoms with van der Waals surface area (Å²) in [5.74, 6) is 0.980. The Morgan fingerprint density at radius 3 is 2.62 bits per heavy atom. The Bertz CT molecular complexity index is 510. The SMILES string of the molecule is CCC1CCC(N(C)c2cc(Cl)ccc2C(N)=NO)CC1. The fourth-order valence-electron chi connectivity index (χ4n) is 3.20. The van der Waals surface area contributed by atoms with Crippen molar-refractivity contribution in [2.75, 3.05) is 11.9 Å². The van der Waals surface area contributed by atoms with E-state index in [2.05, 4.69) is 24.0 Å². The van der Waals surface area contributed by atoms with E-state index in [1.54, 1.807) is 12.1 Å². The second-order valence-electron chi connectivity index (χ2n) is 5.84. The van der Waals surface area contributed by atoms with Gasteiger partial charge in [-0.3, -0.25) is 0 Å². The zero-order valence-electron chi connectivity index (χ0n) is 12.7. The van der Waals surface area contributed by atoms with Crippen molar-refractivity contribution in [3.05, 3.63) is 28.8 Å². The number of rotatable bonds is 4. The molecule has 3 N–H and O–H groups in total. The number of hydrogen-bond acceptors (Lipinski definition) is 3. The number of hydrogen-bond donors (Lipinski definition) is 2. The highest BCUT2D eigenvalue weighted by Crippen LogP contribution is 2.33. The second kappa shape index (κ2) is 7.03. The minimum atomic E-state index is 0.121. The standard InChI is InChI=1S/C16H24ClN3O/c1-3-11-4-7-13(8-5-11)20(2)15-10-12(17)6-9-14(15)16(18)19-21/h6,9-11,13,21H,3-5,7-8H2,1-2H3,(H2,18,19). The van der Waals surface area contributed by atoms with Crippen LogP contribution in [0.3, 0.4) is 0 Å². The molecule has 0 unspecified atom stereocenters. The molecule has 4 nitrogen and oxygen atoms in total. The Morgan fingerprint density at radius 1 is 1.38 bits per heavy atom. The van der Waals surface area contributed by atoms with Gasteiger partial charge in [-0.05, 0) is 49.8 Å². The van der Waals surface area contributed by atoms with E-state index in [-0.39, 0.29) is 5.84 Å². The molecule has 1 aliphatic rings. The van der Waals surface area contributed by atoms with E-state index in [0.29, 0.717) is 11.1 Å². The molecule has 1 fully saturated rings. The predicted molar refractivity (Wildman–Crippen MR) is 88.4 cm³/mol. The van der Waals surface area contributed by atoms with Gasteiger partial charge in [-0.2, -0.15) is 0 Å². The highest BCUT2D eigenvalue weighted by Gasteiger charge is 2.25. The van der Waals surface area contributed by atoms with Crippen LogP contribution in [-0.2, 0) is 0 Å². The summed E-state index contributed by atoms with van der Waals surface area (Å²) in [5, 5.41) is 12.7. The van der Waals surface area contributed by atoms with Crippen LogP contribution in [0.25, 0.3) is 0 Å². The van der Waals surface area contributed by atoms with Gasteiger partial charge in [0.25, 0.3) is 0 Å². The topological polar surface area (TPSA) is 61.8 Å². The van der Waals surface area contributed by atoms with Crippen LogP contribution in [0.5, 0.6) is 0 Å². The van der Waals surface area contributed by atoms with Gasteiger partial charge in [0.05, 0.1) is 0 Å². The van der Waals surface area contributed by atoms with E-state index in [0.717, 1.165) is 17.2 Å². The van der Waals surface area contributed by atoms with E-state index in [9.17, 15) is 0 Å². The Labute approximate surface area is 131 Å². The first-order valence-electron chi connectivity index (χ1n) is 7.57. The maximum absolute atomic E-state index is 8.95. The molecule has 116 valence electrons. The molecule has 2 rings (SSSR count). The molecule has 0 bridgehead atoms. The van der Waals surface area contributed by atoms with Gasteiger partial charge >= 0.3 is 0 Å². The van der Waals surface area contributed by atoms with Crippen LogP contribution in [0.4, 0.5) is 5.69 Å². The lowest BCUT2D eigenvalue weighted by molar-refractivity contribution is 0.313. The van der Waals surface area contributed by atoms with Crippen LogP contribution in [0.2, 0.25) is 5.02 Å². The summed E-state index contributed by atoms with van der Waals surface area (Å²) >= 11 is 6.12. The molecule has 0 atom stereocenters. The van der Waals surface area contributed by atoms with Crippen molar-refractivity contribution in [3.63, 3.8) is 0 Å². The van der Waals surface area contributed by atoms with Crippen LogP contribution >= 0.6 is 11.6 Å². The highest BCUT2D eigenvalue weighted by molar-refractivity contribution is 6.31. The molecule has 1 aromatic carbocycles. The van der Waals surface area contributed by atoms with Gasteiger partial charge in [-0.25, -0.2) is 0 Å². The van der Waals surface area contributed by atoms with Crippen molar-refractivity contribution < 1.29 is 5.21 Å². The fraction of sp³-hybridized carbons (Fsp3) is 0.562. The fourth-order valence-corrected chi connectivity index (χ4v) is 3.37. The second-order valence-corrected chi connectivity index (χ2v) is 6.28. The smallest absolute Gasteiger partial charge is 0.172 e. The number of amidine groups is 1. The molecule has 0 saturated heterocycles. The molecule has 1 saturated carbocycles. The first kappa shape index (κ1) is 16.0. The van der Waals surface area contributed by atoms with E-state index >= 15 is 0 Å². The van der Waals surface area contributed by atoms with Crippen molar-refractivity contribution in [1.82, 2.24) is 0 Å². The van der Waals surface area contributed by atoms with Gasteiger partial charge < -0.3 is 15.8 Å². The van der Waals surface area contributed by atoms with Crippen molar-refractivity contribution in [2.45, 2.75) is 45.1 Å². The van der Waals surface area contributed by atoms with Gasteiger partial charge in [0.15, 0.2) is 5.84 Å². The highest BCUT2D eigenvalue weighted by atomic mass is 35.5. The maximum atomic E-state index is 8.95.